The minimum absolute atomic E-state index is 0.0324. The van der Waals surface area contributed by atoms with Crippen molar-refractivity contribution in [2.45, 2.75) is 25.2 Å². The highest BCUT2D eigenvalue weighted by Gasteiger charge is 2.06. The number of aryl methyl sites for hydroxylation is 2. The molecular weight excluding hydrogens is 236 g/mol. The maximum atomic E-state index is 9.06. The van der Waals surface area contributed by atoms with Gasteiger partial charge in [0.25, 0.3) is 0 Å². The van der Waals surface area contributed by atoms with Gasteiger partial charge in [-0.3, -0.25) is 0 Å². The van der Waals surface area contributed by atoms with Crippen LogP contribution in [0.5, 0.6) is 0 Å². The summed E-state index contributed by atoms with van der Waals surface area (Å²) in [4.78, 5) is 8.45. The average molecular weight is 252 g/mol. The Balaban J connectivity index is 1.90. The van der Waals surface area contributed by atoms with Crippen molar-refractivity contribution < 1.29 is 5.11 Å². The summed E-state index contributed by atoms with van der Waals surface area (Å²) >= 11 is 1.68. The van der Waals surface area contributed by atoms with E-state index in [2.05, 4.69) is 14.5 Å². The Kier molecular flexibility index (Phi) is 3.86. The van der Waals surface area contributed by atoms with Crippen molar-refractivity contribution in [3.63, 3.8) is 0 Å². The van der Waals surface area contributed by atoms with Gasteiger partial charge in [-0.1, -0.05) is 11.8 Å². The molecule has 6 heteroatoms. The average Bonchev–Trinajstić information content (AvgIpc) is 2.87. The van der Waals surface area contributed by atoms with E-state index in [-0.39, 0.29) is 6.61 Å². The molecule has 0 fully saturated rings. The van der Waals surface area contributed by atoms with Crippen LogP contribution in [-0.2, 0) is 20.2 Å². The van der Waals surface area contributed by atoms with Crippen LogP contribution in [0.25, 0.3) is 0 Å². The molecule has 0 saturated carbocycles. The number of hydrogen-bond donors (Lipinski definition) is 1. The predicted molar refractivity (Wildman–Crippen MR) is 66.8 cm³/mol. The molecule has 0 aliphatic heterocycles. The van der Waals surface area contributed by atoms with Gasteiger partial charge in [0.05, 0.1) is 18.5 Å². The maximum absolute atomic E-state index is 9.06. The Labute approximate surface area is 105 Å². The lowest BCUT2D eigenvalue weighted by atomic mass is 10.5. The predicted octanol–water partition coefficient (Wildman–Crippen LogP) is 1.21. The van der Waals surface area contributed by atoms with Gasteiger partial charge in [-0.15, -0.1) is 0 Å². The third kappa shape index (κ3) is 2.70. The van der Waals surface area contributed by atoms with Gasteiger partial charge in [-0.2, -0.15) is 0 Å². The maximum Gasteiger partial charge on any atom is 0.168 e. The molecule has 2 aromatic heterocycles. The molecule has 0 aliphatic rings. The Hall–Kier alpha value is -1.27. The monoisotopic (exact) mass is 252 g/mol. The summed E-state index contributed by atoms with van der Waals surface area (Å²) in [7, 11) is 1.92. The molecule has 0 radical (unpaired) electrons. The van der Waals surface area contributed by atoms with Crippen LogP contribution in [0.4, 0.5) is 0 Å². The van der Waals surface area contributed by atoms with Gasteiger partial charge in [0.15, 0.2) is 5.16 Å². The third-order valence-corrected chi connectivity index (χ3v) is 3.71. The molecule has 0 saturated heterocycles. The van der Waals surface area contributed by atoms with Gasteiger partial charge < -0.3 is 14.2 Å². The second-order valence-electron chi connectivity index (χ2n) is 3.77. The third-order valence-electron chi connectivity index (χ3n) is 2.69. The summed E-state index contributed by atoms with van der Waals surface area (Å²) in [6.07, 6.45) is 5.50. The minimum atomic E-state index is 0.0324. The summed E-state index contributed by atoms with van der Waals surface area (Å²) in [6.45, 7) is 2.94. The van der Waals surface area contributed by atoms with Crippen molar-refractivity contribution in [1.82, 2.24) is 19.1 Å². The first-order valence-corrected chi connectivity index (χ1v) is 6.43. The summed E-state index contributed by atoms with van der Waals surface area (Å²) in [6, 6.07) is 0. The number of rotatable bonds is 5. The quantitative estimate of drug-likeness (QED) is 0.813. The topological polar surface area (TPSA) is 55.9 Å². The number of aromatic nitrogens is 4. The zero-order chi connectivity index (χ0) is 12.3. The fourth-order valence-corrected chi connectivity index (χ4v) is 2.49. The van der Waals surface area contributed by atoms with Crippen LogP contribution in [0.15, 0.2) is 23.7 Å². The van der Waals surface area contributed by atoms with Gasteiger partial charge in [0.1, 0.15) is 5.82 Å². The lowest BCUT2D eigenvalue weighted by Gasteiger charge is -2.05. The van der Waals surface area contributed by atoms with Crippen LogP contribution in [-0.4, -0.2) is 30.0 Å². The Bertz CT molecular complexity index is 491. The molecular formula is C11H16N4OS. The molecule has 0 amide bonds. The van der Waals surface area contributed by atoms with Gasteiger partial charge >= 0.3 is 0 Å². The molecule has 5 nitrogen and oxygen atoms in total. The van der Waals surface area contributed by atoms with E-state index in [1.165, 1.54) is 0 Å². The number of aliphatic hydroxyl groups excluding tert-OH is 1. The van der Waals surface area contributed by atoms with E-state index in [4.69, 9.17) is 5.11 Å². The van der Waals surface area contributed by atoms with Gasteiger partial charge in [-0.25, -0.2) is 9.97 Å². The Morgan fingerprint density at radius 1 is 1.41 bits per heavy atom. The summed E-state index contributed by atoms with van der Waals surface area (Å²) in [5.41, 5.74) is 0.839. The standard InChI is InChI=1S/C11H16N4OS/c1-9-12-3-4-15(9)5-6-17-11-13-7-10(8-16)14(11)2/h3-4,7,16H,5-6,8H2,1-2H3. The van der Waals surface area contributed by atoms with Gasteiger partial charge in [0, 0.05) is 31.7 Å². The first-order chi connectivity index (χ1) is 8.22. The summed E-state index contributed by atoms with van der Waals surface area (Å²) in [5, 5.41) is 10.00. The zero-order valence-corrected chi connectivity index (χ0v) is 10.8. The lowest BCUT2D eigenvalue weighted by Crippen LogP contribution is -2.03. The largest absolute Gasteiger partial charge is 0.390 e. The summed E-state index contributed by atoms with van der Waals surface area (Å²) in [5.74, 6) is 1.97. The number of hydrogen-bond acceptors (Lipinski definition) is 4. The molecule has 2 heterocycles. The number of thioether (sulfide) groups is 1. The van der Waals surface area contributed by atoms with E-state index in [0.717, 1.165) is 29.0 Å². The van der Waals surface area contributed by atoms with Gasteiger partial charge in [-0.05, 0) is 6.92 Å². The highest BCUT2D eigenvalue weighted by atomic mass is 32.2. The van der Waals surface area contributed by atoms with Gasteiger partial charge in [0.2, 0.25) is 0 Å². The molecule has 2 rings (SSSR count). The van der Waals surface area contributed by atoms with Crippen LogP contribution in [0.2, 0.25) is 0 Å². The molecule has 92 valence electrons. The lowest BCUT2D eigenvalue weighted by molar-refractivity contribution is 0.271. The SMILES string of the molecule is Cc1nccn1CCSc1ncc(CO)n1C. The first-order valence-electron chi connectivity index (χ1n) is 5.44. The van der Waals surface area contributed by atoms with Crippen LogP contribution in [0, 0.1) is 6.92 Å². The van der Waals surface area contributed by atoms with Crippen molar-refractivity contribution in [2.75, 3.05) is 5.75 Å². The Morgan fingerprint density at radius 2 is 2.24 bits per heavy atom. The van der Waals surface area contributed by atoms with E-state index in [0.29, 0.717) is 0 Å². The summed E-state index contributed by atoms with van der Waals surface area (Å²) < 4.78 is 4.04. The van der Waals surface area contributed by atoms with E-state index >= 15 is 0 Å². The van der Waals surface area contributed by atoms with Crippen LogP contribution >= 0.6 is 11.8 Å². The van der Waals surface area contributed by atoms with Crippen molar-refractivity contribution in [3.8, 4) is 0 Å². The molecule has 0 atom stereocenters. The van der Waals surface area contributed by atoms with E-state index in [9.17, 15) is 0 Å². The van der Waals surface area contributed by atoms with Crippen LogP contribution < -0.4 is 0 Å². The first kappa shape index (κ1) is 12.2. The number of imidazole rings is 2. The van der Waals surface area contributed by atoms with Crippen LogP contribution in [0.3, 0.4) is 0 Å². The highest BCUT2D eigenvalue weighted by Crippen LogP contribution is 2.17. The molecule has 0 unspecified atom stereocenters. The normalized spacial score (nSPS) is 11.0. The number of nitrogens with zero attached hydrogens (tertiary/aromatic N) is 4. The molecule has 2 aromatic rings. The number of aliphatic hydroxyl groups is 1. The zero-order valence-electron chi connectivity index (χ0n) is 10.00. The molecule has 0 aliphatic carbocycles. The fourth-order valence-electron chi connectivity index (χ4n) is 1.58. The van der Waals surface area contributed by atoms with E-state index in [1.807, 2.05) is 30.9 Å². The second-order valence-corrected chi connectivity index (χ2v) is 4.83. The van der Waals surface area contributed by atoms with E-state index in [1.54, 1.807) is 18.0 Å². The Morgan fingerprint density at radius 3 is 2.82 bits per heavy atom. The molecule has 0 spiro atoms. The van der Waals surface area contributed by atoms with Crippen LogP contribution in [0.1, 0.15) is 11.5 Å². The second kappa shape index (κ2) is 5.37. The van der Waals surface area contributed by atoms with Crippen molar-refractivity contribution in [1.29, 1.82) is 0 Å². The molecule has 0 aromatic carbocycles. The molecule has 1 N–H and O–H groups in total. The fraction of sp³-hybridized carbons (Fsp3) is 0.455. The molecule has 0 bridgehead atoms. The van der Waals surface area contributed by atoms with E-state index < -0.39 is 0 Å². The minimum Gasteiger partial charge on any atom is -0.390 e. The smallest absolute Gasteiger partial charge is 0.168 e. The van der Waals surface area contributed by atoms with Crippen molar-refractivity contribution >= 4 is 11.8 Å². The van der Waals surface area contributed by atoms with Crippen molar-refractivity contribution in [2.24, 2.45) is 7.05 Å². The van der Waals surface area contributed by atoms with Crippen molar-refractivity contribution in [3.05, 3.63) is 30.1 Å². The highest BCUT2D eigenvalue weighted by molar-refractivity contribution is 7.99. The molecule has 17 heavy (non-hydrogen) atoms.